The summed E-state index contributed by atoms with van der Waals surface area (Å²) in [6.07, 6.45) is 0.108. The molecule has 104 valence electrons. The number of hydrogen-bond donors (Lipinski definition) is 1. The summed E-state index contributed by atoms with van der Waals surface area (Å²) in [5, 5.41) is 2.75. The summed E-state index contributed by atoms with van der Waals surface area (Å²) in [6.45, 7) is 0. The molecule has 0 radical (unpaired) electrons. The average Bonchev–Trinajstić information content (AvgIpc) is 2.41. The van der Waals surface area contributed by atoms with E-state index in [1.54, 1.807) is 18.2 Å². The number of carbonyl (C=O) groups is 1. The smallest absolute Gasteiger partial charge is 0.228 e. The fourth-order valence-corrected chi connectivity index (χ4v) is 2.01. The van der Waals surface area contributed by atoms with Crippen LogP contribution in [0.4, 0.5) is 10.1 Å². The van der Waals surface area contributed by atoms with E-state index in [4.69, 9.17) is 4.74 Å². The van der Waals surface area contributed by atoms with Crippen molar-refractivity contribution in [1.82, 2.24) is 0 Å². The van der Waals surface area contributed by atoms with Gasteiger partial charge in [0.25, 0.3) is 0 Å². The first-order chi connectivity index (χ1) is 9.58. The van der Waals surface area contributed by atoms with Crippen molar-refractivity contribution in [2.24, 2.45) is 0 Å². The van der Waals surface area contributed by atoms with E-state index < -0.39 is 5.82 Å². The molecule has 5 heteroatoms. The monoisotopic (exact) mass is 337 g/mol. The van der Waals surface area contributed by atoms with Gasteiger partial charge in [0.2, 0.25) is 5.91 Å². The standard InChI is InChI=1S/C15H13BrFNO2/c1-20-14-7-2-10(8-13(14)17)9-15(19)18-12-5-3-11(16)4-6-12/h2-8H,9H2,1H3,(H,18,19). The van der Waals surface area contributed by atoms with Gasteiger partial charge in [0, 0.05) is 10.2 Å². The van der Waals surface area contributed by atoms with Gasteiger partial charge in [-0.3, -0.25) is 4.79 Å². The third-order valence-electron chi connectivity index (χ3n) is 2.71. The minimum atomic E-state index is -0.471. The van der Waals surface area contributed by atoms with Crippen LogP contribution in [0.15, 0.2) is 46.9 Å². The Kier molecular flexibility index (Phi) is 4.74. The number of halogens is 2. The van der Waals surface area contributed by atoms with Crippen LogP contribution in [0.2, 0.25) is 0 Å². The summed E-state index contributed by atoms with van der Waals surface area (Å²) in [5.74, 6) is -0.500. The third-order valence-corrected chi connectivity index (χ3v) is 3.24. The van der Waals surface area contributed by atoms with E-state index in [-0.39, 0.29) is 18.1 Å². The van der Waals surface area contributed by atoms with E-state index in [9.17, 15) is 9.18 Å². The molecule has 20 heavy (non-hydrogen) atoms. The normalized spacial score (nSPS) is 10.2. The van der Waals surface area contributed by atoms with Crippen molar-refractivity contribution >= 4 is 27.5 Å². The molecule has 1 amide bonds. The van der Waals surface area contributed by atoms with Gasteiger partial charge in [-0.25, -0.2) is 4.39 Å². The van der Waals surface area contributed by atoms with Crippen LogP contribution in [0.25, 0.3) is 0 Å². The third kappa shape index (κ3) is 3.81. The maximum absolute atomic E-state index is 13.5. The molecular weight excluding hydrogens is 325 g/mol. The van der Waals surface area contributed by atoms with Crippen LogP contribution in [0.3, 0.4) is 0 Å². The second kappa shape index (κ2) is 6.52. The molecule has 0 spiro atoms. The Balaban J connectivity index is 2.01. The van der Waals surface area contributed by atoms with E-state index in [0.717, 1.165) is 4.47 Å². The Labute approximate surface area is 124 Å². The Bertz CT molecular complexity index is 614. The molecule has 0 heterocycles. The minimum Gasteiger partial charge on any atom is -0.494 e. The molecule has 0 bridgehead atoms. The Hall–Kier alpha value is -1.88. The first kappa shape index (κ1) is 14.5. The first-order valence-electron chi connectivity index (χ1n) is 5.96. The number of ether oxygens (including phenoxy) is 1. The van der Waals surface area contributed by atoms with Crippen LogP contribution in [0, 0.1) is 5.82 Å². The zero-order valence-electron chi connectivity index (χ0n) is 10.8. The number of nitrogens with one attached hydrogen (secondary N) is 1. The van der Waals surface area contributed by atoms with Crippen LogP contribution in [0.5, 0.6) is 5.75 Å². The van der Waals surface area contributed by atoms with Crippen molar-refractivity contribution in [1.29, 1.82) is 0 Å². The maximum atomic E-state index is 13.5. The van der Waals surface area contributed by atoms with Crippen molar-refractivity contribution in [3.05, 3.63) is 58.3 Å². The highest BCUT2D eigenvalue weighted by Crippen LogP contribution is 2.18. The molecule has 0 saturated carbocycles. The van der Waals surface area contributed by atoms with Gasteiger partial charge < -0.3 is 10.1 Å². The molecule has 2 aromatic carbocycles. The molecule has 0 unspecified atom stereocenters. The summed E-state index contributed by atoms with van der Waals surface area (Å²) >= 11 is 3.32. The molecule has 2 aromatic rings. The van der Waals surface area contributed by atoms with Crippen LogP contribution in [-0.4, -0.2) is 13.0 Å². The fraction of sp³-hybridized carbons (Fsp3) is 0.133. The molecule has 0 fully saturated rings. The number of benzene rings is 2. The molecule has 1 N–H and O–H groups in total. The number of anilines is 1. The van der Waals surface area contributed by atoms with Crippen LogP contribution >= 0.6 is 15.9 Å². The van der Waals surface area contributed by atoms with Crippen LogP contribution < -0.4 is 10.1 Å². The quantitative estimate of drug-likeness (QED) is 0.921. The average molecular weight is 338 g/mol. The minimum absolute atomic E-state index is 0.108. The topological polar surface area (TPSA) is 38.3 Å². The number of amides is 1. The van der Waals surface area contributed by atoms with Crippen LogP contribution in [0.1, 0.15) is 5.56 Å². The maximum Gasteiger partial charge on any atom is 0.228 e. The summed E-state index contributed by atoms with van der Waals surface area (Å²) in [6, 6.07) is 11.7. The lowest BCUT2D eigenvalue weighted by molar-refractivity contribution is -0.115. The molecule has 3 nitrogen and oxygen atoms in total. The second-order valence-electron chi connectivity index (χ2n) is 4.20. The molecule has 0 aliphatic rings. The zero-order chi connectivity index (χ0) is 14.5. The van der Waals surface area contributed by atoms with Crippen molar-refractivity contribution in [3.63, 3.8) is 0 Å². The lowest BCUT2D eigenvalue weighted by Gasteiger charge is -2.07. The van der Waals surface area contributed by atoms with E-state index in [2.05, 4.69) is 21.2 Å². The van der Waals surface area contributed by atoms with Gasteiger partial charge in [-0.05, 0) is 42.0 Å². The fourth-order valence-electron chi connectivity index (χ4n) is 1.74. The SMILES string of the molecule is COc1ccc(CC(=O)Nc2ccc(Br)cc2)cc1F. The molecule has 0 atom stereocenters. The second-order valence-corrected chi connectivity index (χ2v) is 5.12. The van der Waals surface area contributed by atoms with Crippen molar-refractivity contribution in [3.8, 4) is 5.75 Å². The predicted octanol–water partition coefficient (Wildman–Crippen LogP) is 3.78. The van der Waals surface area contributed by atoms with Crippen molar-refractivity contribution in [2.45, 2.75) is 6.42 Å². The van der Waals surface area contributed by atoms with Crippen molar-refractivity contribution < 1.29 is 13.9 Å². The molecule has 2 rings (SSSR count). The zero-order valence-corrected chi connectivity index (χ0v) is 12.4. The highest BCUT2D eigenvalue weighted by Gasteiger charge is 2.08. The van der Waals surface area contributed by atoms with Gasteiger partial charge in [-0.2, -0.15) is 0 Å². The number of methoxy groups -OCH3 is 1. The molecule has 0 aromatic heterocycles. The van der Waals surface area contributed by atoms with E-state index in [0.29, 0.717) is 11.3 Å². The van der Waals surface area contributed by atoms with E-state index in [1.807, 2.05) is 12.1 Å². The highest BCUT2D eigenvalue weighted by atomic mass is 79.9. The molecule has 0 aliphatic heterocycles. The number of rotatable bonds is 4. The van der Waals surface area contributed by atoms with Crippen molar-refractivity contribution in [2.75, 3.05) is 12.4 Å². The molecule has 0 saturated heterocycles. The Morgan fingerprint density at radius 1 is 1.25 bits per heavy atom. The van der Waals surface area contributed by atoms with Gasteiger partial charge in [-0.1, -0.05) is 22.0 Å². The Morgan fingerprint density at radius 3 is 2.55 bits per heavy atom. The van der Waals surface area contributed by atoms with E-state index in [1.165, 1.54) is 19.2 Å². The summed E-state index contributed by atoms with van der Waals surface area (Å²) < 4.78 is 19.3. The van der Waals surface area contributed by atoms with Gasteiger partial charge in [0.05, 0.1) is 13.5 Å². The van der Waals surface area contributed by atoms with Crippen LogP contribution in [-0.2, 0) is 11.2 Å². The number of carbonyl (C=O) groups excluding carboxylic acids is 1. The van der Waals surface area contributed by atoms with Gasteiger partial charge in [0.15, 0.2) is 11.6 Å². The van der Waals surface area contributed by atoms with E-state index >= 15 is 0 Å². The molecular formula is C15H13BrFNO2. The molecule has 0 aliphatic carbocycles. The van der Waals surface area contributed by atoms with Gasteiger partial charge in [0.1, 0.15) is 0 Å². The summed E-state index contributed by atoms with van der Waals surface area (Å²) in [7, 11) is 1.40. The predicted molar refractivity (Wildman–Crippen MR) is 79.4 cm³/mol. The number of hydrogen-bond acceptors (Lipinski definition) is 2. The summed E-state index contributed by atoms with van der Waals surface area (Å²) in [4.78, 5) is 11.9. The summed E-state index contributed by atoms with van der Waals surface area (Å²) in [5.41, 5.74) is 1.30. The lowest BCUT2D eigenvalue weighted by Crippen LogP contribution is -2.14. The highest BCUT2D eigenvalue weighted by molar-refractivity contribution is 9.10. The first-order valence-corrected chi connectivity index (χ1v) is 6.75. The van der Waals surface area contributed by atoms with Gasteiger partial charge >= 0.3 is 0 Å². The van der Waals surface area contributed by atoms with Gasteiger partial charge in [-0.15, -0.1) is 0 Å². The largest absolute Gasteiger partial charge is 0.494 e. The Morgan fingerprint density at radius 2 is 1.95 bits per heavy atom. The lowest BCUT2D eigenvalue weighted by atomic mass is 10.1.